The van der Waals surface area contributed by atoms with Crippen LogP contribution in [0.5, 0.6) is 0 Å². The molecule has 0 unspecified atom stereocenters. The van der Waals surface area contributed by atoms with Crippen LogP contribution in [0.1, 0.15) is 49.7 Å². The Labute approximate surface area is 114 Å². The molecule has 1 aliphatic carbocycles. The van der Waals surface area contributed by atoms with Crippen LogP contribution in [0.2, 0.25) is 0 Å². The molecule has 1 aromatic heterocycles. The molecular weight excluding hydrogens is 264 g/mol. The van der Waals surface area contributed by atoms with Crippen LogP contribution in [0.3, 0.4) is 0 Å². The average molecular weight is 286 g/mol. The van der Waals surface area contributed by atoms with Gasteiger partial charge in [-0.05, 0) is 33.6 Å². The Kier molecular flexibility index (Phi) is 3.77. The topological polar surface area (TPSA) is 85.3 Å². The largest absolute Gasteiger partial charge is 0.465 e. The molecule has 5 nitrogen and oxygen atoms in total. The molecule has 0 atom stereocenters. The van der Waals surface area contributed by atoms with Gasteiger partial charge in [-0.15, -0.1) is 0 Å². The number of rotatable bonds is 4. The number of sulfonamides is 1. The molecule has 0 bridgehead atoms. The summed E-state index contributed by atoms with van der Waals surface area (Å²) in [4.78, 5) is 0.223. The lowest BCUT2D eigenvalue weighted by Crippen LogP contribution is -2.43. The molecule has 2 rings (SSSR count). The van der Waals surface area contributed by atoms with Gasteiger partial charge in [-0.25, -0.2) is 13.1 Å². The van der Waals surface area contributed by atoms with Gasteiger partial charge in [0.15, 0.2) is 0 Å². The van der Waals surface area contributed by atoms with E-state index in [-0.39, 0.29) is 17.0 Å². The second-order valence-electron chi connectivity index (χ2n) is 5.60. The highest BCUT2D eigenvalue weighted by molar-refractivity contribution is 7.89. The van der Waals surface area contributed by atoms with Crippen LogP contribution < -0.4 is 10.5 Å². The highest BCUT2D eigenvalue weighted by Gasteiger charge is 2.36. The van der Waals surface area contributed by atoms with Crippen LogP contribution >= 0.6 is 0 Å². The Balaban J connectivity index is 2.40. The molecule has 0 amide bonds. The monoisotopic (exact) mass is 286 g/mol. The lowest BCUT2D eigenvalue weighted by atomic mass is 10.0. The summed E-state index contributed by atoms with van der Waals surface area (Å²) in [6.07, 6.45) is 3.87. The summed E-state index contributed by atoms with van der Waals surface area (Å²) >= 11 is 0. The van der Waals surface area contributed by atoms with E-state index < -0.39 is 10.0 Å². The third-order valence-corrected chi connectivity index (χ3v) is 5.72. The van der Waals surface area contributed by atoms with Gasteiger partial charge in [-0.3, -0.25) is 0 Å². The molecular formula is C13H22N2O3S. The SMILES string of the molecule is Cc1oc(C)c(S(=O)(=O)NC2(C)CCCC2)c1CN. The van der Waals surface area contributed by atoms with Crippen molar-refractivity contribution in [2.45, 2.75) is 63.4 Å². The second kappa shape index (κ2) is 4.92. The fourth-order valence-corrected chi connectivity index (χ4v) is 4.86. The smallest absolute Gasteiger partial charge is 0.244 e. The number of aryl methyl sites for hydroxylation is 2. The van der Waals surface area contributed by atoms with Crippen molar-refractivity contribution < 1.29 is 12.8 Å². The maximum atomic E-state index is 12.6. The van der Waals surface area contributed by atoms with Crippen molar-refractivity contribution in [3.05, 3.63) is 17.1 Å². The Morgan fingerprint density at radius 2 is 1.84 bits per heavy atom. The Bertz CT molecular complexity index is 569. The molecule has 6 heteroatoms. The summed E-state index contributed by atoms with van der Waals surface area (Å²) in [5.41, 5.74) is 5.88. The zero-order valence-corrected chi connectivity index (χ0v) is 12.6. The van der Waals surface area contributed by atoms with E-state index in [2.05, 4.69) is 4.72 Å². The minimum absolute atomic E-state index is 0.163. The highest BCUT2D eigenvalue weighted by atomic mass is 32.2. The molecule has 0 aromatic carbocycles. The third kappa shape index (κ3) is 2.70. The number of furan rings is 1. The number of nitrogens with one attached hydrogen (secondary N) is 1. The van der Waals surface area contributed by atoms with Gasteiger partial charge in [-0.1, -0.05) is 12.8 Å². The molecule has 1 aromatic rings. The van der Waals surface area contributed by atoms with E-state index in [0.717, 1.165) is 25.7 Å². The Morgan fingerprint density at radius 3 is 2.37 bits per heavy atom. The zero-order chi connectivity index (χ0) is 14.3. The molecule has 1 heterocycles. The standard InChI is InChI=1S/C13H22N2O3S/c1-9-11(8-14)12(10(2)18-9)19(16,17)15-13(3)6-4-5-7-13/h15H,4-8,14H2,1-3H3. The van der Waals surface area contributed by atoms with Crippen molar-refractivity contribution in [3.8, 4) is 0 Å². The predicted octanol–water partition coefficient (Wildman–Crippen LogP) is 1.97. The van der Waals surface area contributed by atoms with E-state index in [1.54, 1.807) is 13.8 Å². The van der Waals surface area contributed by atoms with Crippen LogP contribution in [0.25, 0.3) is 0 Å². The number of hydrogen-bond acceptors (Lipinski definition) is 4. The first kappa shape index (κ1) is 14.6. The normalized spacial score (nSPS) is 18.9. The fourth-order valence-electron chi connectivity index (χ4n) is 2.93. The van der Waals surface area contributed by atoms with E-state index in [9.17, 15) is 8.42 Å². The van der Waals surface area contributed by atoms with Gasteiger partial charge in [0.1, 0.15) is 16.4 Å². The summed E-state index contributed by atoms with van der Waals surface area (Å²) in [6.45, 7) is 5.53. The first-order valence-electron chi connectivity index (χ1n) is 6.62. The van der Waals surface area contributed by atoms with E-state index in [4.69, 9.17) is 10.2 Å². The zero-order valence-electron chi connectivity index (χ0n) is 11.7. The van der Waals surface area contributed by atoms with E-state index in [0.29, 0.717) is 17.1 Å². The average Bonchev–Trinajstić information content (AvgIpc) is 2.81. The molecule has 0 spiro atoms. The number of hydrogen-bond donors (Lipinski definition) is 2. The molecule has 19 heavy (non-hydrogen) atoms. The molecule has 1 aliphatic rings. The second-order valence-corrected chi connectivity index (χ2v) is 7.22. The molecule has 1 fully saturated rings. The maximum absolute atomic E-state index is 12.6. The minimum Gasteiger partial charge on any atom is -0.465 e. The van der Waals surface area contributed by atoms with Gasteiger partial charge >= 0.3 is 0 Å². The summed E-state index contributed by atoms with van der Waals surface area (Å²) in [5.74, 6) is 0.990. The van der Waals surface area contributed by atoms with E-state index in [1.807, 2.05) is 6.92 Å². The van der Waals surface area contributed by atoms with E-state index in [1.165, 1.54) is 0 Å². The van der Waals surface area contributed by atoms with Crippen LogP contribution in [0.15, 0.2) is 9.31 Å². The Hall–Kier alpha value is -0.850. The van der Waals surface area contributed by atoms with Crippen LogP contribution in [0.4, 0.5) is 0 Å². The molecule has 108 valence electrons. The first-order valence-corrected chi connectivity index (χ1v) is 8.10. The van der Waals surface area contributed by atoms with Crippen molar-refractivity contribution in [2.75, 3.05) is 0 Å². The van der Waals surface area contributed by atoms with Crippen molar-refractivity contribution in [2.24, 2.45) is 5.73 Å². The van der Waals surface area contributed by atoms with Crippen LogP contribution in [-0.2, 0) is 16.6 Å². The van der Waals surface area contributed by atoms with Gasteiger partial charge in [-0.2, -0.15) is 0 Å². The molecule has 1 saturated carbocycles. The first-order chi connectivity index (χ1) is 8.79. The third-order valence-electron chi connectivity index (χ3n) is 3.89. The summed E-state index contributed by atoms with van der Waals surface area (Å²) in [5, 5.41) is 0. The molecule has 0 saturated heterocycles. The van der Waals surface area contributed by atoms with Crippen molar-refractivity contribution >= 4 is 10.0 Å². The van der Waals surface area contributed by atoms with Crippen LogP contribution in [0, 0.1) is 13.8 Å². The fraction of sp³-hybridized carbons (Fsp3) is 0.692. The van der Waals surface area contributed by atoms with E-state index >= 15 is 0 Å². The maximum Gasteiger partial charge on any atom is 0.244 e. The van der Waals surface area contributed by atoms with Gasteiger partial charge < -0.3 is 10.2 Å². The molecule has 3 N–H and O–H groups in total. The predicted molar refractivity (Wildman–Crippen MR) is 73.3 cm³/mol. The van der Waals surface area contributed by atoms with Crippen molar-refractivity contribution in [3.63, 3.8) is 0 Å². The van der Waals surface area contributed by atoms with Gasteiger partial charge in [0.05, 0.1) is 0 Å². The lowest BCUT2D eigenvalue weighted by molar-refractivity contribution is 0.426. The minimum atomic E-state index is -3.58. The van der Waals surface area contributed by atoms with Crippen LogP contribution in [-0.4, -0.2) is 14.0 Å². The van der Waals surface area contributed by atoms with Gasteiger partial charge in [0.2, 0.25) is 10.0 Å². The summed E-state index contributed by atoms with van der Waals surface area (Å²) in [6, 6.07) is 0. The quantitative estimate of drug-likeness (QED) is 0.886. The van der Waals surface area contributed by atoms with Crippen molar-refractivity contribution in [1.29, 1.82) is 0 Å². The molecule has 0 radical (unpaired) electrons. The molecule has 0 aliphatic heterocycles. The summed E-state index contributed by atoms with van der Waals surface area (Å²) < 4.78 is 33.4. The Morgan fingerprint density at radius 1 is 1.26 bits per heavy atom. The highest BCUT2D eigenvalue weighted by Crippen LogP contribution is 2.33. The van der Waals surface area contributed by atoms with Gasteiger partial charge in [0.25, 0.3) is 0 Å². The van der Waals surface area contributed by atoms with Gasteiger partial charge in [0, 0.05) is 17.6 Å². The lowest BCUT2D eigenvalue weighted by Gasteiger charge is -2.25. The number of nitrogens with two attached hydrogens (primary N) is 1. The summed E-state index contributed by atoms with van der Waals surface area (Å²) in [7, 11) is -3.58. The van der Waals surface area contributed by atoms with Crippen molar-refractivity contribution in [1.82, 2.24) is 4.72 Å².